The topological polar surface area (TPSA) is 84.1 Å². The van der Waals surface area contributed by atoms with Crippen molar-refractivity contribution in [1.82, 2.24) is 20.3 Å². The molecular weight excluding hydrogens is 390 g/mol. The third-order valence-corrected chi connectivity index (χ3v) is 5.92. The maximum absolute atomic E-state index is 6.06. The van der Waals surface area contributed by atoms with E-state index < -0.39 is 0 Å². The van der Waals surface area contributed by atoms with Crippen LogP contribution in [0.5, 0.6) is 11.5 Å². The molecule has 0 aliphatic carbocycles. The average Bonchev–Trinajstić information content (AvgIpc) is 3.48. The van der Waals surface area contributed by atoms with Crippen LogP contribution in [0.15, 0.2) is 48.9 Å². The fourth-order valence-electron chi connectivity index (χ4n) is 4.21. The number of ether oxygens (including phenoxy) is 2. The molecule has 2 aromatic carbocycles. The number of H-pyrrole nitrogens is 1. The van der Waals surface area contributed by atoms with Crippen LogP contribution in [0.4, 0.5) is 11.5 Å². The van der Waals surface area contributed by atoms with Gasteiger partial charge in [0.25, 0.3) is 0 Å². The van der Waals surface area contributed by atoms with Gasteiger partial charge < -0.3 is 25.1 Å². The van der Waals surface area contributed by atoms with Crippen molar-refractivity contribution in [3.8, 4) is 11.5 Å². The predicted molar refractivity (Wildman–Crippen MR) is 123 cm³/mol. The first kappa shape index (κ1) is 19.6. The first-order valence-electron chi connectivity index (χ1n) is 10.8. The van der Waals surface area contributed by atoms with Gasteiger partial charge in [-0.15, -0.1) is 0 Å². The zero-order valence-electron chi connectivity index (χ0n) is 17.6. The van der Waals surface area contributed by atoms with Crippen LogP contribution in [-0.4, -0.2) is 41.8 Å². The van der Waals surface area contributed by atoms with Gasteiger partial charge in [-0.3, -0.25) is 0 Å². The Morgan fingerprint density at radius 3 is 2.97 bits per heavy atom. The van der Waals surface area contributed by atoms with E-state index in [1.54, 1.807) is 13.4 Å². The highest BCUT2D eigenvalue weighted by atomic mass is 16.5. The highest BCUT2D eigenvalue weighted by Crippen LogP contribution is 2.35. The summed E-state index contributed by atoms with van der Waals surface area (Å²) in [6, 6.07) is 12.1. The van der Waals surface area contributed by atoms with Crippen molar-refractivity contribution in [2.45, 2.75) is 19.3 Å². The molecule has 1 unspecified atom stereocenters. The van der Waals surface area contributed by atoms with Gasteiger partial charge in [0, 0.05) is 28.9 Å². The van der Waals surface area contributed by atoms with Crippen molar-refractivity contribution in [2.75, 3.05) is 32.1 Å². The number of aromatic nitrogens is 3. The average molecular weight is 418 g/mol. The second-order valence-electron chi connectivity index (χ2n) is 8.00. The van der Waals surface area contributed by atoms with E-state index in [1.165, 1.54) is 18.2 Å². The van der Waals surface area contributed by atoms with Crippen LogP contribution in [0, 0.1) is 5.92 Å². The molecule has 1 aliphatic rings. The Balaban J connectivity index is 1.35. The summed E-state index contributed by atoms with van der Waals surface area (Å²) < 4.78 is 11.7. The maximum atomic E-state index is 6.06. The monoisotopic (exact) mass is 417 g/mol. The van der Waals surface area contributed by atoms with Crippen molar-refractivity contribution in [1.29, 1.82) is 0 Å². The molecule has 1 aliphatic heterocycles. The standard InChI is InChI=1S/C24H27N5O2/c1-30-22-12-19-21(13-23(22)31-10-2-3-16-6-8-25-14-16)27-15-28-24(19)29-18-5-4-17-7-9-26-20(17)11-18/h4-5,7,9,11-13,15-16,25-26H,2-3,6,8,10,14H2,1H3,(H,27,28,29). The van der Waals surface area contributed by atoms with Crippen molar-refractivity contribution < 1.29 is 9.47 Å². The second-order valence-corrected chi connectivity index (χ2v) is 8.00. The van der Waals surface area contributed by atoms with Gasteiger partial charge in [0.1, 0.15) is 12.1 Å². The number of nitrogens with one attached hydrogen (secondary N) is 3. The van der Waals surface area contributed by atoms with Gasteiger partial charge in [-0.25, -0.2) is 9.97 Å². The van der Waals surface area contributed by atoms with E-state index in [0.717, 1.165) is 59.1 Å². The van der Waals surface area contributed by atoms with E-state index >= 15 is 0 Å². The van der Waals surface area contributed by atoms with Gasteiger partial charge in [-0.1, -0.05) is 6.07 Å². The SMILES string of the molecule is COc1cc2c(Nc3ccc4cc[nH]c4c3)ncnc2cc1OCCCC1CCNC1. The molecule has 0 bridgehead atoms. The van der Waals surface area contributed by atoms with E-state index in [1.807, 2.05) is 24.4 Å². The van der Waals surface area contributed by atoms with E-state index in [-0.39, 0.29) is 0 Å². The molecule has 1 atom stereocenters. The van der Waals surface area contributed by atoms with Crippen LogP contribution in [0.1, 0.15) is 19.3 Å². The van der Waals surface area contributed by atoms with Crippen molar-refractivity contribution in [3.63, 3.8) is 0 Å². The molecule has 0 radical (unpaired) electrons. The number of aromatic amines is 1. The second kappa shape index (κ2) is 8.81. The fraction of sp³-hybridized carbons (Fsp3) is 0.333. The van der Waals surface area contributed by atoms with Gasteiger partial charge in [-0.2, -0.15) is 0 Å². The minimum atomic E-state index is 0.671. The number of benzene rings is 2. The summed E-state index contributed by atoms with van der Waals surface area (Å²) in [6.45, 7) is 2.94. The quantitative estimate of drug-likeness (QED) is 0.363. The smallest absolute Gasteiger partial charge is 0.163 e. The Bertz CT molecular complexity index is 1180. The zero-order valence-corrected chi connectivity index (χ0v) is 17.6. The molecule has 5 rings (SSSR count). The minimum Gasteiger partial charge on any atom is -0.493 e. The van der Waals surface area contributed by atoms with Gasteiger partial charge in [0.15, 0.2) is 11.5 Å². The Kier molecular flexibility index (Phi) is 5.58. The molecule has 3 N–H and O–H groups in total. The number of hydrogen-bond donors (Lipinski definition) is 3. The first-order chi connectivity index (χ1) is 15.3. The molecule has 2 aromatic heterocycles. The lowest BCUT2D eigenvalue weighted by molar-refractivity contribution is 0.278. The lowest BCUT2D eigenvalue weighted by atomic mass is 10.0. The maximum Gasteiger partial charge on any atom is 0.163 e. The summed E-state index contributed by atoms with van der Waals surface area (Å²) >= 11 is 0. The molecule has 4 aromatic rings. The van der Waals surface area contributed by atoms with Crippen LogP contribution in [0.25, 0.3) is 21.8 Å². The Hall–Kier alpha value is -3.32. The summed E-state index contributed by atoms with van der Waals surface area (Å²) in [5, 5.41) is 8.88. The molecular formula is C24H27N5O2. The van der Waals surface area contributed by atoms with E-state index in [9.17, 15) is 0 Å². The molecule has 0 spiro atoms. The normalized spacial score (nSPS) is 16.1. The summed E-state index contributed by atoms with van der Waals surface area (Å²) in [5.74, 6) is 2.91. The zero-order chi connectivity index (χ0) is 21.0. The van der Waals surface area contributed by atoms with Crippen molar-refractivity contribution in [2.24, 2.45) is 5.92 Å². The van der Waals surface area contributed by atoms with Crippen LogP contribution in [0.3, 0.4) is 0 Å². The largest absolute Gasteiger partial charge is 0.493 e. The van der Waals surface area contributed by atoms with E-state index in [4.69, 9.17) is 9.47 Å². The number of rotatable bonds is 8. The van der Waals surface area contributed by atoms with Crippen LogP contribution in [0.2, 0.25) is 0 Å². The molecule has 3 heterocycles. The Labute approximate surface area is 181 Å². The molecule has 1 saturated heterocycles. The number of methoxy groups -OCH3 is 1. The molecule has 0 saturated carbocycles. The van der Waals surface area contributed by atoms with Crippen molar-refractivity contribution in [3.05, 3.63) is 48.9 Å². The number of nitrogens with zero attached hydrogens (tertiary/aromatic N) is 2. The van der Waals surface area contributed by atoms with Crippen LogP contribution in [-0.2, 0) is 0 Å². The summed E-state index contributed by atoms with van der Waals surface area (Å²) in [6.07, 6.45) is 6.99. The molecule has 1 fully saturated rings. The number of hydrogen-bond acceptors (Lipinski definition) is 6. The summed E-state index contributed by atoms with van der Waals surface area (Å²) in [7, 11) is 1.66. The first-order valence-corrected chi connectivity index (χ1v) is 10.8. The van der Waals surface area contributed by atoms with Gasteiger partial charge >= 0.3 is 0 Å². The highest BCUT2D eigenvalue weighted by molar-refractivity contribution is 5.94. The van der Waals surface area contributed by atoms with Gasteiger partial charge in [-0.05, 0) is 67.9 Å². The molecule has 31 heavy (non-hydrogen) atoms. The Morgan fingerprint density at radius 1 is 1.13 bits per heavy atom. The van der Waals surface area contributed by atoms with Gasteiger partial charge in [0.05, 0.1) is 19.2 Å². The number of fused-ring (bicyclic) bond motifs is 2. The lowest BCUT2D eigenvalue weighted by Gasteiger charge is -2.14. The molecule has 7 heteroatoms. The summed E-state index contributed by atoms with van der Waals surface area (Å²) in [5.41, 5.74) is 2.84. The highest BCUT2D eigenvalue weighted by Gasteiger charge is 2.15. The van der Waals surface area contributed by atoms with Crippen LogP contribution >= 0.6 is 0 Å². The number of anilines is 2. The predicted octanol–water partition coefficient (Wildman–Crippen LogP) is 4.63. The minimum absolute atomic E-state index is 0.671. The molecule has 160 valence electrons. The van der Waals surface area contributed by atoms with Gasteiger partial charge in [0.2, 0.25) is 0 Å². The third-order valence-electron chi connectivity index (χ3n) is 5.92. The van der Waals surface area contributed by atoms with E-state index in [2.05, 4.69) is 43.8 Å². The van der Waals surface area contributed by atoms with Crippen LogP contribution < -0.4 is 20.1 Å². The molecule has 7 nitrogen and oxygen atoms in total. The third kappa shape index (κ3) is 4.27. The molecule has 0 amide bonds. The summed E-state index contributed by atoms with van der Waals surface area (Å²) in [4.78, 5) is 12.1. The lowest BCUT2D eigenvalue weighted by Crippen LogP contribution is -2.10. The fourth-order valence-corrected chi connectivity index (χ4v) is 4.21. The van der Waals surface area contributed by atoms with Crippen molar-refractivity contribution >= 4 is 33.3 Å². The Morgan fingerprint density at radius 2 is 2.10 bits per heavy atom. The van der Waals surface area contributed by atoms with E-state index in [0.29, 0.717) is 12.4 Å².